The lowest BCUT2D eigenvalue weighted by molar-refractivity contribution is -0.387. The zero-order valence-electron chi connectivity index (χ0n) is 16.0. The van der Waals surface area contributed by atoms with Gasteiger partial charge < -0.3 is 4.90 Å². The predicted molar refractivity (Wildman–Crippen MR) is 109 cm³/mol. The van der Waals surface area contributed by atoms with E-state index in [2.05, 4.69) is 13.8 Å². The standard InChI is InChI=1S/C20H21ClN2O5S/c1-13-8-14(2)12-22(11-13)20(24)15-6-7-19(18(9-15)23(25)26)29(27,28)17-5-3-4-16(21)10-17/h3-7,9-10,13-14H,8,11-12H2,1-2H3/t13-,14-/m1/s1. The molecule has 1 fully saturated rings. The maximum atomic E-state index is 12.9. The van der Waals surface area contributed by atoms with Crippen molar-refractivity contribution in [2.24, 2.45) is 11.8 Å². The van der Waals surface area contributed by atoms with Crippen molar-refractivity contribution in [3.05, 3.63) is 63.2 Å². The van der Waals surface area contributed by atoms with Gasteiger partial charge >= 0.3 is 0 Å². The molecule has 0 radical (unpaired) electrons. The van der Waals surface area contributed by atoms with Gasteiger partial charge in [0.1, 0.15) is 4.90 Å². The molecule has 0 bridgehead atoms. The summed E-state index contributed by atoms with van der Waals surface area (Å²) in [5.74, 6) is 0.332. The Morgan fingerprint density at radius 3 is 2.38 bits per heavy atom. The van der Waals surface area contributed by atoms with Crippen LogP contribution < -0.4 is 0 Å². The SMILES string of the molecule is C[C@@H]1C[C@@H](C)CN(C(=O)c2ccc(S(=O)(=O)c3cccc(Cl)c3)c([N+](=O)[O-])c2)C1. The zero-order chi connectivity index (χ0) is 21.3. The molecule has 0 aliphatic carbocycles. The van der Waals surface area contributed by atoms with Crippen molar-refractivity contribution in [2.45, 2.75) is 30.1 Å². The molecule has 2 aromatic carbocycles. The number of piperidine rings is 1. The number of nitro groups is 1. The fourth-order valence-electron chi connectivity index (χ4n) is 3.79. The van der Waals surface area contributed by atoms with Crippen LogP contribution >= 0.6 is 11.6 Å². The van der Waals surface area contributed by atoms with E-state index in [1.165, 1.54) is 30.3 Å². The summed E-state index contributed by atoms with van der Waals surface area (Å²) in [4.78, 5) is 24.8. The van der Waals surface area contributed by atoms with E-state index in [1.807, 2.05) is 0 Å². The van der Waals surface area contributed by atoms with Crippen LogP contribution in [0.5, 0.6) is 0 Å². The van der Waals surface area contributed by atoms with E-state index in [9.17, 15) is 23.3 Å². The average molecular weight is 437 g/mol. The Kier molecular flexibility index (Phi) is 5.95. The molecule has 0 spiro atoms. The first kappa shape index (κ1) is 21.3. The summed E-state index contributed by atoms with van der Waals surface area (Å²) in [5, 5.41) is 11.8. The lowest BCUT2D eigenvalue weighted by Crippen LogP contribution is -2.42. The molecular weight excluding hydrogens is 416 g/mol. The summed E-state index contributed by atoms with van der Waals surface area (Å²) < 4.78 is 25.8. The molecule has 154 valence electrons. The van der Waals surface area contributed by atoms with Crippen LogP contribution in [0.15, 0.2) is 52.3 Å². The first-order chi connectivity index (χ1) is 13.6. The smallest absolute Gasteiger partial charge is 0.289 e. The van der Waals surface area contributed by atoms with Crippen LogP contribution in [0.1, 0.15) is 30.6 Å². The van der Waals surface area contributed by atoms with Crippen LogP contribution in [0, 0.1) is 22.0 Å². The minimum absolute atomic E-state index is 0.100. The van der Waals surface area contributed by atoms with Gasteiger partial charge in [0.05, 0.1) is 9.82 Å². The quantitative estimate of drug-likeness (QED) is 0.528. The zero-order valence-corrected chi connectivity index (χ0v) is 17.6. The predicted octanol–water partition coefficient (Wildman–Crippen LogP) is 4.20. The van der Waals surface area contributed by atoms with Gasteiger partial charge in [-0.2, -0.15) is 0 Å². The van der Waals surface area contributed by atoms with Crippen molar-refractivity contribution < 1.29 is 18.1 Å². The van der Waals surface area contributed by atoms with Crippen molar-refractivity contribution in [3.8, 4) is 0 Å². The molecule has 0 aromatic heterocycles. The fraction of sp³-hybridized carbons (Fsp3) is 0.350. The monoisotopic (exact) mass is 436 g/mol. The topological polar surface area (TPSA) is 97.6 Å². The first-order valence-corrected chi connectivity index (χ1v) is 11.0. The van der Waals surface area contributed by atoms with Crippen molar-refractivity contribution in [1.82, 2.24) is 4.90 Å². The minimum atomic E-state index is -4.17. The van der Waals surface area contributed by atoms with E-state index < -0.39 is 25.3 Å². The molecule has 0 unspecified atom stereocenters. The molecule has 9 heteroatoms. The lowest BCUT2D eigenvalue weighted by atomic mass is 9.91. The third kappa shape index (κ3) is 4.43. The van der Waals surface area contributed by atoms with Gasteiger partial charge in [0, 0.05) is 29.7 Å². The van der Waals surface area contributed by atoms with Crippen molar-refractivity contribution in [3.63, 3.8) is 0 Å². The van der Waals surface area contributed by atoms with Crippen LogP contribution in [0.3, 0.4) is 0 Å². The normalized spacial score (nSPS) is 19.8. The molecule has 1 aliphatic rings. The number of hydrogen-bond acceptors (Lipinski definition) is 5. The van der Waals surface area contributed by atoms with Gasteiger partial charge in [-0.25, -0.2) is 8.42 Å². The van der Waals surface area contributed by atoms with E-state index in [-0.39, 0.29) is 21.4 Å². The Bertz CT molecular complexity index is 1060. The number of likely N-dealkylation sites (tertiary alicyclic amines) is 1. The maximum absolute atomic E-state index is 12.9. The van der Waals surface area contributed by atoms with Gasteiger partial charge in [-0.15, -0.1) is 0 Å². The van der Waals surface area contributed by atoms with E-state index in [1.54, 1.807) is 4.90 Å². The highest BCUT2D eigenvalue weighted by molar-refractivity contribution is 7.91. The molecule has 2 atom stereocenters. The Morgan fingerprint density at radius 2 is 1.79 bits per heavy atom. The molecule has 1 saturated heterocycles. The molecule has 2 aromatic rings. The number of nitro benzene ring substituents is 1. The number of rotatable bonds is 4. The third-order valence-corrected chi connectivity index (χ3v) is 6.99. The Balaban J connectivity index is 2.02. The first-order valence-electron chi connectivity index (χ1n) is 9.18. The number of halogens is 1. The van der Waals surface area contributed by atoms with Crippen LogP contribution in [0.2, 0.25) is 5.02 Å². The number of nitrogens with zero attached hydrogens (tertiary/aromatic N) is 2. The van der Waals surface area contributed by atoms with Gasteiger partial charge in [-0.1, -0.05) is 31.5 Å². The fourth-order valence-corrected chi connectivity index (χ4v) is 5.50. The third-order valence-electron chi connectivity index (χ3n) is 4.95. The molecule has 3 rings (SSSR count). The van der Waals surface area contributed by atoms with Crippen molar-refractivity contribution in [2.75, 3.05) is 13.1 Å². The number of benzene rings is 2. The molecule has 1 heterocycles. The van der Waals surface area contributed by atoms with E-state index in [0.717, 1.165) is 18.6 Å². The molecule has 29 heavy (non-hydrogen) atoms. The number of amides is 1. The van der Waals surface area contributed by atoms with E-state index >= 15 is 0 Å². The molecule has 0 N–H and O–H groups in total. The Morgan fingerprint density at radius 1 is 1.14 bits per heavy atom. The molecule has 1 aliphatic heterocycles. The van der Waals surface area contributed by atoms with Gasteiger partial charge in [-0.05, 0) is 48.6 Å². The largest absolute Gasteiger partial charge is 0.338 e. The van der Waals surface area contributed by atoms with Gasteiger partial charge in [0.25, 0.3) is 11.6 Å². The summed E-state index contributed by atoms with van der Waals surface area (Å²) in [7, 11) is -4.17. The Labute approximate surface area is 174 Å². The number of hydrogen-bond donors (Lipinski definition) is 0. The number of carbonyl (C=O) groups excluding carboxylic acids is 1. The number of sulfone groups is 1. The second kappa shape index (κ2) is 8.12. The summed E-state index contributed by atoms with van der Waals surface area (Å²) in [6.45, 7) is 5.25. The van der Waals surface area contributed by atoms with Crippen LogP contribution in [0.25, 0.3) is 0 Å². The summed E-state index contributed by atoms with van der Waals surface area (Å²) in [6, 6.07) is 9.02. The van der Waals surface area contributed by atoms with E-state index in [0.29, 0.717) is 24.9 Å². The van der Waals surface area contributed by atoms with Gasteiger partial charge in [0.2, 0.25) is 9.84 Å². The molecule has 7 nitrogen and oxygen atoms in total. The summed E-state index contributed by atoms with van der Waals surface area (Å²) >= 11 is 5.87. The summed E-state index contributed by atoms with van der Waals surface area (Å²) in [6.07, 6.45) is 1.01. The van der Waals surface area contributed by atoms with Gasteiger partial charge in [0.15, 0.2) is 0 Å². The lowest BCUT2D eigenvalue weighted by Gasteiger charge is -2.35. The Hall–Kier alpha value is -2.45. The molecule has 1 amide bonds. The van der Waals surface area contributed by atoms with Crippen molar-refractivity contribution in [1.29, 1.82) is 0 Å². The number of carbonyl (C=O) groups is 1. The van der Waals surface area contributed by atoms with E-state index in [4.69, 9.17) is 11.6 Å². The van der Waals surface area contributed by atoms with Crippen LogP contribution in [-0.2, 0) is 9.84 Å². The highest BCUT2D eigenvalue weighted by atomic mass is 35.5. The minimum Gasteiger partial charge on any atom is -0.338 e. The van der Waals surface area contributed by atoms with Gasteiger partial charge in [-0.3, -0.25) is 14.9 Å². The average Bonchev–Trinajstić information content (AvgIpc) is 2.66. The maximum Gasteiger partial charge on any atom is 0.289 e. The summed E-state index contributed by atoms with van der Waals surface area (Å²) in [5.41, 5.74) is -0.531. The molecule has 0 saturated carbocycles. The van der Waals surface area contributed by atoms with Crippen LogP contribution in [0.4, 0.5) is 5.69 Å². The second-order valence-electron chi connectivity index (χ2n) is 7.56. The second-order valence-corrected chi connectivity index (χ2v) is 9.91. The highest BCUT2D eigenvalue weighted by Gasteiger charge is 2.31. The van der Waals surface area contributed by atoms with Crippen LogP contribution in [-0.4, -0.2) is 37.2 Å². The molecular formula is C20H21ClN2O5S. The van der Waals surface area contributed by atoms with Crippen molar-refractivity contribution >= 4 is 33.0 Å². The highest BCUT2D eigenvalue weighted by Crippen LogP contribution is 2.32.